The Morgan fingerprint density at radius 3 is 2.50 bits per heavy atom. The summed E-state index contributed by atoms with van der Waals surface area (Å²) in [6.07, 6.45) is 3.45. The first-order valence-corrected chi connectivity index (χ1v) is 5.66. The number of nitrogen functional groups attached to an aromatic ring is 1. The zero-order chi connectivity index (χ0) is 12.4. The highest BCUT2D eigenvalue weighted by Crippen LogP contribution is 2.26. The first-order valence-electron chi connectivity index (χ1n) is 5.66. The van der Waals surface area contributed by atoms with Crippen LogP contribution in [0.25, 0.3) is 10.9 Å². The van der Waals surface area contributed by atoms with Crippen molar-refractivity contribution in [2.75, 3.05) is 11.1 Å². The van der Waals surface area contributed by atoms with Gasteiger partial charge in [0.15, 0.2) is 0 Å². The minimum absolute atomic E-state index is 0.485. The van der Waals surface area contributed by atoms with Crippen molar-refractivity contribution in [3.05, 3.63) is 54.9 Å². The van der Waals surface area contributed by atoms with Crippen LogP contribution in [-0.4, -0.2) is 9.97 Å². The average Bonchev–Trinajstić information content (AvgIpc) is 2.42. The molecule has 18 heavy (non-hydrogen) atoms. The van der Waals surface area contributed by atoms with E-state index in [0.29, 0.717) is 5.82 Å². The van der Waals surface area contributed by atoms with Crippen LogP contribution in [0.15, 0.2) is 54.9 Å². The smallest absolute Gasteiger partial charge is 0.147 e. The Morgan fingerprint density at radius 1 is 0.833 bits per heavy atom. The molecule has 0 amide bonds. The Labute approximate surface area is 104 Å². The largest absolute Gasteiger partial charge is 0.382 e. The second-order valence-electron chi connectivity index (χ2n) is 3.94. The van der Waals surface area contributed by atoms with Crippen molar-refractivity contribution in [2.24, 2.45) is 0 Å². The molecule has 0 saturated carbocycles. The number of hydrogen-bond donors (Lipinski definition) is 2. The van der Waals surface area contributed by atoms with Crippen LogP contribution in [0.2, 0.25) is 0 Å². The Kier molecular flexibility index (Phi) is 2.53. The van der Waals surface area contributed by atoms with Crippen molar-refractivity contribution < 1.29 is 0 Å². The number of benzene rings is 1. The van der Waals surface area contributed by atoms with Crippen LogP contribution in [0.5, 0.6) is 0 Å². The minimum atomic E-state index is 0.485. The number of nitrogens with zero attached hydrogens (tertiary/aromatic N) is 2. The molecule has 3 rings (SSSR count). The second-order valence-corrected chi connectivity index (χ2v) is 3.94. The lowest BCUT2D eigenvalue weighted by Gasteiger charge is -2.10. The predicted octanol–water partition coefficient (Wildman–Crippen LogP) is 2.96. The van der Waals surface area contributed by atoms with Gasteiger partial charge >= 0.3 is 0 Å². The first-order chi connectivity index (χ1) is 8.84. The number of fused-ring (bicyclic) bond motifs is 1. The summed E-state index contributed by atoms with van der Waals surface area (Å²) in [5.74, 6) is 0.485. The molecule has 0 aliphatic heterocycles. The number of nitrogens with one attached hydrogen (secondary N) is 1. The topological polar surface area (TPSA) is 63.8 Å². The molecule has 0 bridgehead atoms. The lowest BCUT2D eigenvalue weighted by Crippen LogP contribution is -1.98. The zero-order valence-corrected chi connectivity index (χ0v) is 9.67. The Hall–Kier alpha value is -2.62. The zero-order valence-electron chi connectivity index (χ0n) is 9.67. The first kappa shape index (κ1) is 10.5. The molecule has 0 radical (unpaired) electrons. The second kappa shape index (κ2) is 4.33. The molecule has 4 heteroatoms. The van der Waals surface area contributed by atoms with Gasteiger partial charge in [0.25, 0.3) is 0 Å². The molecule has 3 aromatic rings. The van der Waals surface area contributed by atoms with E-state index in [4.69, 9.17) is 5.73 Å². The third-order valence-corrected chi connectivity index (χ3v) is 2.75. The molecule has 0 fully saturated rings. The van der Waals surface area contributed by atoms with Crippen molar-refractivity contribution in [2.45, 2.75) is 0 Å². The summed E-state index contributed by atoms with van der Waals surface area (Å²) < 4.78 is 0. The fraction of sp³-hybridized carbons (Fsp3) is 0. The van der Waals surface area contributed by atoms with Gasteiger partial charge in [-0.3, -0.25) is 4.98 Å². The van der Waals surface area contributed by atoms with Crippen LogP contribution in [0.4, 0.5) is 17.2 Å². The maximum absolute atomic E-state index is 5.82. The fourth-order valence-corrected chi connectivity index (χ4v) is 1.88. The minimum Gasteiger partial charge on any atom is -0.382 e. The molecule has 3 N–H and O–H groups in total. The summed E-state index contributed by atoms with van der Waals surface area (Å²) in [6, 6.07) is 13.6. The van der Waals surface area contributed by atoms with Gasteiger partial charge in [0.1, 0.15) is 5.82 Å². The van der Waals surface area contributed by atoms with Gasteiger partial charge in [-0.05, 0) is 36.4 Å². The Balaban J connectivity index is 2.08. The molecule has 1 aromatic carbocycles. The lowest BCUT2D eigenvalue weighted by atomic mass is 10.2. The summed E-state index contributed by atoms with van der Waals surface area (Å²) in [4.78, 5) is 8.37. The Morgan fingerprint density at radius 2 is 1.61 bits per heavy atom. The molecule has 0 spiro atoms. The predicted molar refractivity (Wildman–Crippen MR) is 73.7 cm³/mol. The van der Waals surface area contributed by atoms with Crippen molar-refractivity contribution in [3.8, 4) is 0 Å². The molecule has 88 valence electrons. The van der Waals surface area contributed by atoms with E-state index in [1.807, 2.05) is 42.5 Å². The van der Waals surface area contributed by atoms with Gasteiger partial charge in [-0.25, -0.2) is 4.98 Å². The average molecular weight is 236 g/mol. The highest BCUT2D eigenvalue weighted by Gasteiger charge is 2.03. The summed E-state index contributed by atoms with van der Waals surface area (Å²) in [6.45, 7) is 0. The number of aromatic nitrogens is 2. The van der Waals surface area contributed by atoms with Gasteiger partial charge in [-0.1, -0.05) is 6.07 Å². The summed E-state index contributed by atoms with van der Waals surface area (Å²) in [5, 5.41) is 4.35. The number of anilines is 3. The van der Waals surface area contributed by atoms with E-state index < -0.39 is 0 Å². The summed E-state index contributed by atoms with van der Waals surface area (Å²) in [5.41, 5.74) is 8.54. The monoisotopic (exact) mass is 236 g/mol. The Bertz CT molecular complexity index is 689. The third-order valence-electron chi connectivity index (χ3n) is 2.75. The van der Waals surface area contributed by atoms with Crippen molar-refractivity contribution in [1.29, 1.82) is 0 Å². The molecule has 0 unspecified atom stereocenters. The summed E-state index contributed by atoms with van der Waals surface area (Å²) in [7, 11) is 0. The highest BCUT2D eigenvalue weighted by atomic mass is 15.0. The molecule has 0 atom stereocenters. The molecular weight excluding hydrogens is 224 g/mol. The van der Waals surface area contributed by atoms with E-state index in [2.05, 4.69) is 15.3 Å². The SMILES string of the molecule is Nc1ncccc1Nc1cccc2ncccc12. The van der Waals surface area contributed by atoms with Gasteiger partial charge < -0.3 is 11.1 Å². The molecular formula is C14H12N4. The van der Waals surface area contributed by atoms with Crippen LogP contribution in [-0.2, 0) is 0 Å². The molecule has 0 aliphatic rings. The van der Waals surface area contributed by atoms with Gasteiger partial charge in [0.2, 0.25) is 0 Å². The standard InChI is InChI=1S/C14H12N4/c15-14-13(7-3-9-17-14)18-12-6-1-5-11-10(12)4-2-8-16-11/h1-9,18H,(H2,15,17). The normalized spacial score (nSPS) is 10.4. The van der Waals surface area contributed by atoms with Crippen LogP contribution < -0.4 is 11.1 Å². The van der Waals surface area contributed by atoms with Crippen LogP contribution in [0.3, 0.4) is 0 Å². The van der Waals surface area contributed by atoms with Gasteiger partial charge in [-0.15, -0.1) is 0 Å². The highest BCUT2D eigenvalue weighted by molar-refractivity contribution is 5.93. The van der Waals surface area contributed by atoms with E-state index in [1.165, 1.54) is 0 Å². The number of nitrogens with two attached hydrogens (primary N) is 1. The molecule has 0 saturated heterocycles. The van der Waals surface area contributed by atoms with E-state index in [-0.39, 0.29) is 0 Å². The van der Waals surface area contributed by atoms with Gasteiger partial charge in [0.05, 0.1) is 11.2 Å². The van der Waals surface area contributed by atoms with E-state index in [0.717, 1.165) is 22.3 Å². The quantitative estimate of drug-likeness (QED) is 0.718. The lowest BCUT2D eigenvalue weighted by molar-refractivity contribution is 1.33. The number of rotatable bonds is 2. The number of pyridine rings is 2. The molecule has 2 aromatic heterocycles. The van der Waals surface area contributed by atoms with E-state index in [1.54, 1.807) is 12.4 Å². The third kappa shape index (κ3) is 1.84. The van der Waals surface area contributed by atoms with Crippen LogP contribution in [0, 0.1) is 0 Å². The van der Waals surface area contributed by atoms with Crippen molar-refractivity contribution in [1.82, 2.24) is 9.97 Å². The molecule has 2 heterocycles. The van der Waals surface area contributed by atoms with Gasteiger partial charge in [-0.2, -0.15) is 0 Å². The van der Waals surface area contributed by atoms with Crippen LogP contribution in [0.1, 0.15) is 0 Å². The van der Waals surface area contributed by atoms with E-state index >= 15 is 0 Å². The number of hydrogen-bond acceptors (Lipinski definition) is 4. The fourth-order valence-electron chi connectivity index (χ4n) is 1.88. The van der Waals surface area contributed by atoms with Crippen LogP contribution >= 0.6 is 0 Å². The molecule has 0 aliphatic carbocycles. The summed E-state index contributed by atoms with van der Waals surface area (Å²) >= 11 is 0. The van der Waals surface area contributed by atoms with Crippen molar-refractivity contribution >= 4 is 28.1 Å². The van der Waals surface area contributed by atoms with Gasteiger partial charge in [0, 0.05) is 23.5 Å². The maximum Gasteiger partial charge on any atom is 0.147 e. The molecule has 4 nitrogen and oxygen atoms in total. The van der Waals surface area contributed by atoms with Crippen molar-refractivity contribution in [3.63, 3.8) is 0 Å². The van der Waals surface area contributed by atoms with E-state index in [9.17, 15) is 0 Å². The maximum atomic E-state index is 5.82.